The second kappa shape index (κ2) is 7.97. The first-order valence-electron chi connectivity index (χ1n) is 7.83. The van der Waals surface area contributed by atoms with Crippen molar-refractivity contribution in [3.05, 3.63) is 83.4 Å². The van der Waals surface area contributed by atoms with Crippen LogP contribution >= 0.6 is 11.6 Å². The van der Waals surface area contributed by atoms with Gasteiger partial charge in [0.25, 0.3) is 11.9 Å². The smallest absolute Gasteiger partial charge is 0.494 e. The fraction of sp³-hybridized carbons (Fsp3) is 0.111. The zero-order valence-electron chi connectivity index (χ0n) is 14.0. The molecule has 0 unspecified atom stereocenters. The van der Waals surface area contributed by atoms with E-state index in [1.54, 1.807) is 37.4 Å². The first kappa shape index (κ1) is 17.9. The maximum atomic E-state index is 9.76. The summed E-state index contributed by atoms with van der Waals surface area (Å²) in [5.74, 6) is -0.0103. The Hall–Kier alpha value is -2.93. The molecule has 0 aliphatic carbocycles. The SMILES string of the molecule is CN1C=C(O)OB(c2ccc(OCc3cccc(Cl)c3)cc2)O/C(O)=C\1. The quantitative estimate of drug-likeness (QED) is 0.801. The Kier molecular flexibility index (Phi) is 5.48. The van der Waals surface area contributed by atoms with Crippen molar-refractivity contribution >= 4 is 24.2 Å². The van der Waals surface area contributed by atoms with Crippen LogP contribution in [0.25, 0.3) is 0 Å². The van der Waals surface area contributed by atoms with Crippen LogP contribution < -0.4 is 10.2 Å². The van der Waals surface area contributed by atoms with E-state index in [0.29, 0.717) is 22.8 Å². The summed E-state index contributed by atoms with van der Waals surface area (Å²) in [6.07, 6.45) is 2.63. The maximum Gasteiger partial charge on any atom is 0.636 e. The van der Waals surface area contributed by atoms with Crippen molar-refractivity contribution in [1.29, 1.82) is 0 Å². The molecule has 0 radical (unpaired) electrons. The Bertz CT molecular complexity index is 803. The van der Waals surface area contributed by atoms with E-state index in [4.69, 9.17) is 25.6 Å². The predicted octanol–water partition coefficient (Wildman–Crippen LogP) is 3.31. The van der Waals surface area contributed by atoms with Crippen LogP contribution in [-0.4, -0.2) is 29.3 Å². The van der Waals surface area contributed by atoms with Crippen molar-refractivity contribution in [3.8, 4) is 5.75 Å². The summed E-state index contributed by atoms with van der Waals surface area (Å²) >= 11 is 5.95. The first-order valence-corrected chi connectivity index (χ1v) is 8.21. The molecule has 134 valence electrons. The van der Waals surface area contributed by atoms with E-state index in [-0.39, 0.29) is 11.9 Å². The van der Waals surface area contributed by atoms with Crippen molar-refractivity contribution in [1.82, 2.24) is 4.90 Å². The number of hydrogen-bond acceptors (Lipinski definition) is 6. The Morgan fingerprint density at radius 3 is 2.31 bits per heavy atom. The van der Waals surface area contributed by atoms with Gasteiger partial charge in [0.2, 0.25) is 0 Å². The van der Waals surface area contributed by atoms with Gasteiger partial charge >= 0.3 is 7.12 Å². The molecule has 2 aromatic rings. The van der Waals surface area contributed by atoms with E-state index in [1.807, 2.05) is 18.2 Å². The minimum absolute atomic E-state index is 0.331. The minimum atomic E-state index is -0.988. The average Bonchev–Trinajstić information content (AvgIpc) is 2.58. The summed E-state index contributed by atoms with van der Waals surface area (Å²) in [6, 6.07) is 14.4. The van der Waals surface area contributed by atoms with Gasteiger partial charge in [0.05, 0.1) is 12.4 Å². The van der Waals surface area contributed by atoms with E-state index < -0.39 is 7.12 Å². The van der Waals surface area contributed by atoms with Crippen LogP contribution in [-0.2, 0) is 15.9 Å². The number of aliphatic hydroxyl groups is 2. The lowest BCUT2D eigenvalue weighted by Crippen LogP contribution is -2.37. The van der Waals surface area contributed by atoms with Crippen LogP contribution in [0.15, 0.2) is 72.8 Å². The zero-order valence-corrected chi connectivity index (χ0v) is 14.8. The summed E-state index contributed by atoms with van der Waals surface area (Å²) in [7, 11) is 0.629. The molecule has 0 saturated carbocycles. The van der Waals surface area contributed by atoms with Gasteiger partial charge in [-0.25, -0.2) is 0 Å². The van der Waals surface area contributed by atoms with Crippen LogP contribution in [0.1, 0.15) is 5.56 Å². The molecule has 0 bridgehead atoms. The molecule has 0 aromatic heterocycles. The topological polar surface area (TPSA) is 71.4 Å². The minimum Gasteiger partial charge on any atom is -0.494 e. The lowest BCUT2D eigenvalue weighted by atomic mass is 9.79. The van der Waals surface area contributed by atoms with Gasteiger partial charge in [-0.3, -0.25) is 0 Å². The average molecular weight is 374 g/mol. The highest BCUT2D eigenvalue weighted by atomic mass is 35.5. The van der Waals surface area contributed by atoms with Crippen molar-refractivity contribution in [2.75, 3.05) is 7.05 Å². The molecule has 0 saturated heterocycles. The molecular weight excluding hydrogens is 356 g/mol. The predicted molar refractivity (Wildman–Crippen MR) is 99.0 cm³/mol. The fourth-order valence-corrected chi connectivity index (χ4v) is 2.55. The van der Waals surface area contributed by atoms with Crippen LogP contribution in [0.4, 0.5) is 0 Å². The van der Waals surface area contributed by atoms with Gasteiger partial charge in [0.1, 0.15) is 12.4 Å². The van der Waals surface area contributed by atoms with Crippen LogP contribution in [0.5, 0.6) is 5.75 Å². The molecule has 3 rings (SSSR count). The third-order valence-electron chi connectivity index (χ3n) is 3.53. The van der Waals surface area contributed by atoms with Gasteiger partial charge in [-0.2, -0.15) is 0 Å². The molecule has 2 N–H and O–H groups in total. The summed E-state index contributed by atoms with van der Waals surface area (Å²) in [4.78, 5) is 1.41. The summed E-state index contributed by atoms with van der Waals surface area (Å²) in [5, 5.41) is 20.2. The molecule has 0 amide bonds. The second-order valence-corrected chi connectivity index (χ2v) is 6.09. The van der Waals surface area contributed by atoms with Gasteiger partial charge in [-0.15, -0.1) is 0 Å². The molecule has 0 spiro atoms. The number of rotatable bonds is 4. The van der Waals surface area contributed by atoms with Crippen molar-refractivity contribution < 1.29 is 24.3 Å². The molecule has 8 heteroatoms. The second-order valence-electron chi connectivity index (χ2n) is 5.66. The number of halogens is 1. The fourth-order valence-electron chi connectivity index (χ4n) is 2.34. The van der Waals surface area contributed by atoms with Crippen molar-refractivity contribution in [3.63, 3.8) is 0 Å². The summed E-state index contributed by atoms with van der Waals surface area (Å²) < 4.78 is 16.3. The van der Waals surface area contributed by atoms with E-state index in [9.17, 15) is 10.2 Å². The molecule has 1 aliphatic rings. The van der Waals surface area contributed by atoms with E-state index in [0.717, 1.165) is 5.56 Å². The third kappa shape index (κ3) is 4.80. The molecule has 2 aromatic carbocycles. The first-order chi connectivity index (χ1) is 12.5. The highest BCUT2D eigenvalue weighted by Crippen LogP contribution is 2.16. The summed E-state index contributed by atoms with van der Waals surface area (Å²) in [6.45, 7) is 0.385. The highest BCUT2D eigenvalue weighted by molar-refractivity contribution is 6.61. The maximum absolute atomic E-state index is 9.76. The molecule has 1 aliphatic heterocycles. The largest absolute Gasteiger partial charge is 0.636 e. The lowest BCUT2D eigenvalue weighted by Gasteiger charge is -2.20. The van der Waals surface area contributed by atoms with Crippen molar-refractivity contribution in [2.24, 2.45) is 0 Å². The molecule has 26 heavy (non-hydrogen) atoms. The number of benzene rings is 2. The van der Waals surface area contributed by atoms with E-state index in [2.05, 4.69) is 0 Å². The van der Waals surface area contributed by atoms with Gasteiger partial charge < -0.3 is 29.2 Å². The van der Waals surface area contributed by atoms with Gasteiger partial charge in [0, 0.05) is 17.5 Å². The summed E-state index contributed by atoms with van der Waals surface area (Å²) in [5.41, 5.74) is 1.56. The van der Waals surface area contributed by atoms with Crippen LogP contribution in [0, 0.1) is 0 Å². The zero-order chi connectivity index (χ0) is 18.5. The Labute approximate surface area is 156 Å². The number of hydrogen-bond donors (Lipinski definition) is 2. The Balaban J connectivity index is 1.67. The normalized spacial score (nSPS) is 16.4. The van der Waals surface area contributed by atoms with Crippen LogP contribution in [0.2, 0.25) is 5.02 Å². The lowest BCUT2D eigenvalue weighted by molar-refractivity contribution is 0.124. The van der Waals surface area contributed by atoms with Gasteiger partial charge in [-0.05, 0) is 29.8 Å². The number of aliphatic hydroxyl groups excluding tert-OH is 2. The number of nitrogens with zero attached hydrogens (tertiary/aromatic N) is 1. The molecule has 6 nitrogen and oxygen atoms in total. The van der Waals surface area contributed by atoms with Gasteiger partial charge in [0.15, 0.2) is 0 Å². The Morgan fingerprint density at radius 1 is 1.04 bits per heavy atom. The monoisotopic (exact) mass is 373 g/mol. The third-order valence-corrected chi connectivity index (χ3v) is 3.77. The molecule has 1 heterocycles. The highest BCUT2D eigenvalue weighted by Gasteiger charge is 2.29. The molecular formula is C18H17BClNO5. The van der Waals surface area contributed by atoms with Crippen LogP contribution in [0.3, 0.4) is 0 Å². The molecule has 0 fully saturated rings. The van der Waals surface area contributed by atoms with Gasteiger partial charge in [-0.1, -0.05) is 35.9 Å². The number of ether oxygens (including phenoxy) is 1. The van der Waals surface area contributed by atoms with Crippen molar-refractivity contribution in [2.45, 2.75) is 6.61 Å². The Morgan fingerprint density at radius 2 is 1.69 bits per heavy atom. The van der Waals surface area contributed by atoms with E-state index in [1.165, 1.54) is 17.3 Å². The standard InChI is InChI=1S/C18H17BClNO5/c1-21-10-17(22)25-19(26-18(23)11-21)14-5-7-16(8-6-14)24-12-13-3-2-4-15(20)9-13/h2-11,22-23H,12H2,1H3/b17-10-,18-11?. The molecule has 0 atom stereocenters. The van der Waals surface area contributed by atoms with E-state index >= 15 is 0 Å².